The lowest BCUT2D eigenvalue weighted by Gasteiger charge is -2.21. The normalized spacial score (nSPS) is 14.3. The molecule has 1 fully saturated rings. The fourth-order valence-electron chi connectivity index (χ4n) is 4.52. The van der Waals surface area contributed by atoms with E-state index < -0.39 is 17.1 Å². The minimum Gasteiger partial charge on any atom is -0.369 e. The second kappa shape index (κ2) is 9.00. The number of pyridine rings is 2. The number of rotatable bonds is 4. The van der Waals surface area contributed by atoms with Crippen molar-refractivity contribution < 1.29 is 8.78 Å². The van der Waals surface area contributed by atoms with Crippen LogP contribution in [0.5, 0.6) is 0 Å². The van der Waals surface area contributed by atoms with Gasteiger partial charge in [0.25, 0.3) is 0 Å². The van der Waals surface area contributed by atoms with Gasteiger partial charge in [-0.3, -0.25) is 4.79 Å². The Bertz CT molecular complexity index is 1620. The van der Waals surface area contributed by atoms with Crippen molar-refractivity contribution >= 4 is 34.0 Å². The lowest BCUT2D eigenvalue weighted by molar-refractivity contribution is 0.617. The molecule has 0 aliphatic carbocycles. The van der Waals surface area contributed by atoms with Gasteiger partial charge in [0.05, 0.1) is 29.0 Å². The van der Waals surface area contributed by atoms with Gasteiger partial charge in [-0.25, -0.2) is 23.7 Å². The van der Waals surface area contributed by atoms with Gasteiger partial charge in [0.15, 0.2) is 11.2 Å². The van der Waals surface area contributed by atoms with Crippen molar-refractivity contribution in [3.05, 3.63) is 77.0 Å². The maximum Gasteiger partial charge on any atom is 0.229 e. The molecule has 0 unspecified atom stereocenters. The van der Waals surface area contributed by atoms with Gasteiger partial charge >= 0.3 is 0 Å². The first-order chi connectivity index (χ1) is 17.6. The first kappa shape index (κ1) is 22.1. The van der Waals surface area contributed by atoms with Crippen LogP contribution in [-0.2, 0) is 0 Å². The molecule has 11 heteroatoms. The van der Waals surface area contributed by atoms with Crippen LogP contribution in [0.3, 0.4) is 0 Å². The summed E-state index contributed by atoms with van der Waals surface area (Å²) >= 11 is 0. The van der Waals surface area contributed by atoms with Gasteiger partial charge in [0.1, 0.15) is 23.0 Å². The number of aromatic amines is 1. The summed E-state index contributed by atoms with van der Waals surface area (Å²) in [6, 6.07) is 7.74. The molecule has 0 saturated carbocycles. The second-order valence-corrected chi connectivity index (χ2v) is 8.58. The van der Waals surface area contributed by atoms with Crippen LogP contribution >= 0.6 is 0 Å². The number of nitrogens with one attached hydrogen (secondary N) is 3. The largest absolute Gasteiger partial charge is 0.369 e. The monoisotopic (exact) mass is 488 g/mol. The molecule has 9 nitrogen and oxygen atoms in total. The number of imidazole rings is 1. The molecule has 1 aromatic carbocycles. The van der Waals surface area contributed by atoms with Crippen LogP contribution in [0, 0.1) is 11.6 Å². The van der Waals surface area contributed by atoms with Crippen molar-refractivity contribution in [3.63, 3.8) is 0 Å². The highest BCUT2D eigenvalue weighted by Gasteiger charge is 2.17. The van der Waals surface area contributed by atoms with Gasteiger partial charge in [0, 0.05) is 43.7 Å². The Morgan fingerprint density at radius 2 is 1.92 bits per heavy atom. The molecule has 1 aliphatic heterocycles. The van der Waals surface area contributed by atoms with E-state index in [0.29, 0.717) is 17.0 Å². The van der Waals surface area contributed by atoms with E-state index >= 15 is 4.39 Å². The van der Waals surface area contributed by atoms with E-state index in [2.05, 4.69) is 35.5 Å². The summed E-state index contributed by atoms with van der Waals surface area (Å²) in [7, 11) is 0. The van der Waals surface area contributed by atoms with E-state index in [1.165, 1.54) is 6.07 Å². The Kier molecular flexibility index (Phi) is 5.53. The molecule has 5 aromatic rings. The van der Waals surface area contributed by atoms with E-state index in [0.717, 1.165) is 50.6 Å². The zero-order valence-electron chi connectivity index (χ0n) is 19.1. The van der Waals surface area contributed by atoms with Crippen molar-refractivity contribution in [3.8, 4) is 11.3 Å². The molecule has 0 spiro atoms. The predicted octanol–water partition coefficient (Wildman–Crippen LogP) is 3.45. The highest BCUT2D eigenvalue weighted by atomic mass is 19.1. The molecular weight excluding hydrogens is 466 g/mol. The molecule has 4 aromatic heterocycles. The van der Waals surface area contributed by atoms with Crippen LogP contribution in [0.4, 0.5) is 26.2 Å². The fraction of sp³-hybridized carbons (Fsp3) is 0.200. The fourth-order valence-corrected chi connectivity index (χ4v) is 4.52. The van der Waals surface area contributed by atoms with Gasteiger partial charge in [-0.15, -0.1) is 0 Å². The van der Waals surface area contributed by atoms with Crippen LogP contribution < -0.4 is 21.0 Å². The molecule has 0 bridgehead atoms. The van der Waals surface area contributed by atoms with E-state index in [-0.39, 0.29) is 22.6 Å². The summed E-state index contributed by atoms with van der Waals surface area (Å²) in [6.45, 7) is 3.78. The summed E-state index contributed by atoms with van der Waals surface area (Å²) in [5, 5.41) is 6.28. The summed E-state index contributed by atoms with van der Waals surface area (Å²) in [6.07, 6.45) is 7.16. The van der Waals surface area contributed by atoms with Crippen LogP contribution in [0.1, 0.15) is 6.42 Å². The number of benzene rings is 1. The van der Waals surface area contributed by atoms with Gasteiger partial charge in [0.2, 0.25) is 5.95 Å². The smallest absolute Gasteiger partial charge is 0.229 e. The standard InChI is InChI=1S/C25H22F2N8O/c26-17-10-15(11-19-23(17)20(36)12-22-29-6-9-35(19)22)24-18(27)14-31-25(33-24)32-21-3-2-16(13-30-21)34-7-1-4-28-5-8-34/h2-3,6,9-14,28-29H,1,4-5,7-8H2,(H,30,31,32,33). The van der Waals surface area contributed by atoms with Crippen molar-refractivity contribution in [2.75, 3.05) is 36.4 Å². The van der Waals surface area contributed by atoms with Crippen LogP contribution in [0.15, 0.2) is 59.9 Å². The number of anilines is 3. The van der Waals surface area contributed by atoms with Crippen LogP contribution in [-0.4, -0.2) is 50.5 Å². The summed E-state index contributed by atoms with van der Waals surface area (Å²) in [4.78, 5) is 30.4. The Balaban J connectivity index is 1.33. The van der Waals surface area contributed by atoms with E-state index in [1.54, 1.807) is 29.1 Å². The molecule has 182 valence electrons. The Morgan fingerprint density at radius 1 is 1.00 bits per heavy atom. The highest BCUT2D eigenvalue weighted by Crippen LogP contribution is 2.28. The number of hydrogen-bond acceptors (Lipinski definition) is 7. The molecule has 0 radical (unpaired) electrons. The maximum atomic E-state index is 15.0. The molecule has 5 heterocycles. The quantitative estimate of drug-likeness (QED) is 0.356. The molecule has 1 aliphatic rings. The Hall–Kier alpha value is -4.38. The topological polar surface area (TPSA) is 103 Å². The highest BCUT2D eigenvalue weighted by molar-refractivity contribution is 5.87. The number of nitrogens with zero attached hydrogens (tertiary/aromatic N) is 5. The second-order valence-electron chi connectivity index (χ2n) is 8.58. The molecule has 36 heavy (non-hydrogen) atoms. The summed E-state index contributed by atoms with van der Waals surface area (Å²) < 4.78 is 31.4. The zero-order chi connectivity index (χ0) is 24.6. The number of aromatic nitrogens is 5. The van der Waals surface area contributed by atoms with Crippen molar-refractivity contribution in [2.24, 2.45) is 0 Å². The third kappa shape index (κ3) is 4.03. The van der Waals surface area contributed by atoms with E-state index in [1.807, 2.05) is 12.1 Å². The SMILES string of the molecule is O=c1cc2[nH]ccn2c2cc(-c3nc(Nc4ccc(N5CCCNCC5)cn4)ncc3F)cc(F)c12. The Morgan fingerprint density at radius 3 is 2.78 bits per heavy atom. The minimum absolute atomic E-state index is 0.0758. The van der Waals surface area contributed by atoms with Gasteiger partial charge in [-0.05, 0) is 37.2 Å². The molecule has 1 saturated heterocycles. The number of H-pyrrole nitrogens is 1. The third-order valence-corrected chi connectivity index (χ3v) is 6.27. The first-order valence-electron chi connectivity index (χ1n) is 11.6. The zero-order valence-corrected chi connectivity index (χ0v) is 19.1. The van der Waals surface area contributed by atoms with Gasteiger partial charge < -0.3 is 24.9 Å². The third-order valence-electron chi connectivity index (χ3n) is 6.27. The number of fused-ring (bicyclic) bond motifs is 3. The average molecular weight is 489 g/mol. The Labute approximate surface area is 203 Å². The van der Waals surface area contributed by atoms with Crippen molar-refractivity contribution in [2.45, 2.75) is 6.42 Å². The van der Waals surface area contributed by atoms with Gasteiger partial charge in [-0.1, -0.05) is 0 Å². The molecular formula is C25H22F2N8O. The molecule has 6 rings (SSSR count). The number of hydrogen-bond donors (Lipinski definition) is 3. The molecule has 0 amide bonds. The minimum atomic E-state index is -0.753. The summed E-state index contributed by atoms with van der Waals surface area (Å²) in [5.41, 5.74) is 1.45. The first-order valence-corrected chi connectivity index (χ1v) is 11.6. The molecule has 3 N–H and O–H groups in total. The molecule has 0 atom stereocenters. The van der Waals surface area contributed by atoms with Crippen LogP contribution in [0.25, 0.3) is 27.8 Å². The number of halogens is 2. The van der Waals surface area contributed by atoms with Gasteiger partial charge in [-0.2, -0.15) is 0 Å². The van der Waals surface area contributed by atoms with E-state index in [9.17, 15) is 9.18 Å². The maximum absolute atomic E-state index is 15.0. The van der Waals surface area contributed by atoms with Crippen molar-refractivity contribution in [1.29, 1.82) is 0 Å². The lowest BCUT2D eigenvalue weighted by Crippen LogP contribution is -2.27. The average Bonchev–Trinajstić information content (AvgIpc) is 3.18. The van der Waals surface area contributed by atoms with E-state index in [4.69, 9.17) is 0 Å². The lowest BCUT2D eigenvalue weighted by atomic mass is 10.1. The summed E-state index contributed by atoms with van der Waals surface area (Å²) in [5.74, 6) is -0.861. The van der Waals surface area contributed by atoms with Crippen molar-refractivity contribution in [1.82, 2.24) is 29.7 Å². The predicted molar refractivity (Wildman–Crippen MR) is 134 cm³/mol. The van der Waals surface area contributed by atoms with Crippen LogP contribution in [0.2, 0.25) is 0 Å².